The van der Waals surface area contributed by atoms with Crippen molar-refractivity contribution in [2.24, 2.45) is 5.73 Å². The molecule has 4 heterocycles. The summed E-state index contributed by atoms with van der Waals surface area (Å²) >= 11 is 0. The first-order valence-electron chi connectivity index (χ1n) is 10.0. The van der Waals surface area contributed by atoms with Crippen molar-refractivity contribution in [3.05, 3.63) is 72.9 Å². The quantitative estimate of drug-likeness (QED) is 0.562. The molecule has 0 radical (unpaired) electrons. The zero-order valence-corrected chi connectivity index (χ0v) is 16.3. The van der Waals surface area contributed by atoms with Gasteiger partial charge in [0.2, 0.25) is 0 Å². The van der Waals surface area contributed by atoms with Crippen LogP contribution < -0.4 is 10.6 Å². The highest BCUT2D eigenvalue weighted by Gasteiger charge is 2.36. The topological polar surface area (TPSA) is 83.7 Å². The normalized spacial score (nSPS) is 16.2. The predicted molar refractivity (Wildman–Crippen MR) is 116 cm³/mol. The molecule has 1 aliphatic heterocycles. The van der Waals surface area contributed by atoms with Gasteiger partial charge in [-0.15, -0.1) is 0 Å². The van der Waals surface area contributed by atoms with Gasteiger partial charge in [-0.1, -0.05) is 30.3 Å². The summed E-state index contributed by atoms with van der Waals surface area (Å²) in [5.74, 6) is 1.01. The molecule has 6 nitrogen and oxygen atoms in total. The van der Waals surface area contributed by atoms with Gasteiger partial charge in [0.05, 0.1) is 5.39 Å². The van der Waals surface area contributed by atoms with Crippen LogP contribution in [0.5, 0.6) is 0 Å². The van der Waals surface area contributed by atoms with Crippen molar-refractivity contribution in [3.8, 4) is 11.1 Å². The molecule has 0 amide bonds. The SMILES string of the molecule is NCC1(c2cccc(-c3cccnc3)c2)CCN(c2ncnc3[nH]ccc23)CC1. The zero-order chi connectivity index (χ0) is 19.7. The van der Waals surface area contributed by atoms with E-state index in [9.17, 15) is 0 Å². The molecule has 0 saturated carbocycles. The third kappa shape index (κ3) is 3.15. The van der Waals surface area contributed by atoms with Gasteiger partial charge in [-0.2, -0.15) is 0 Å². The summed E-state index contributed by atoms with van der Waals surface area (Å²) in [5.41, 5.74) is 10.9. The third-order valence-electron chi connectivity index (χ3n) is 6.21. The van der Waals surface area contributed by atoms with Crippen LogP contribution in [0.4, 0.5) is 5.82 Å². The smallest absolute Gasteiger partial charge is 0.142 e. The highest BCUT2D eigenvalue weighted by atomic mass is 15.2. The molecule has 1 aliphatic rings. The Labute approximate surface area is 169 Å². The molecule has 6 heteroatoms. The van der Waals surface area contributed by atoms with E-state index in [0.717, 1.165) is 48.3 Å². The van der Waals surface area contributed by atoms with E-state index < -0.39 is 0 Å². The molecule has 1 fully saturated rings. The number of hydrogen-bond donors (Lipinski definition) is 2. The van der Waals surface area contributed by atoms with Crippen LogP contribution in [0.2, 0.25) is 0 Å². The molecule has 3 aromatic heterocycles. The van der Waals surface area contributed by atoms with Gasteiger partial charge in [-0.3, -0.25) is 4.98 Å². The van der Waals surface area contributed by atoms with Crippen molar-refractivity contribution in [2.75, 3.05) is 24.5 Å². The lowest BCUT2D eigenvalue weighted by atomic mass is 9.72. The molecule has 0 unspecified atom stereocenters. The van der Waals surface area contributed by atoms with Crippen LogP contribution >= 0.6 is 0 Å². The van der Waals surface area contributed by atoms with Crippen molar-refractivity contribution in [3.63, 3.8) is 0 Å². The molecule has 146 valence electrons. The first-order chi connectivity index (χ1) is 14.3. The van der Waals surface area contributed by atoms with Crippen molar-refractivity contribution in [1.29, 1.82) is 0 Å². The minimum atomic E-state index is -0.0149. The number of nitrogens with two attached hydrogens (primary N) is 1. The van der Waals surface area contributed by atoms with Crippen LogP contribution in [0.15, 0.2) is 67.4 Å². The molecule has 0 atom stereocenters. The Kier molecular flexibility index (Phi) is 4.48. The highest BCUT2D eigenvalue weighted by molar-refractivity contribution is 5.87. The monoisotopic (exact) mass is 384 g/mol. The fourth-order valence-corrected chi connectivity index (χ4v) is 4.43. The lowest BCUT2D eigenvalue weighted by Gasteiger charge is -2.42. The minimum absolute atomic E-state index is 0.0149. The predicted octanol–water partition coefficient (Wildman–Crippen LogP) is 3.52. The van der Waals surface area contributed by atoms with Gasteiger partial charge >= 0.3 is 0 Å². The first-order valence-corrected chi connectivity index (χ1v) is 10.0. The van der Waals surface area contributed by atoms with E-state index in [0.29, 0.717) is 6.54 Å². The van der Waals surface area contributed by atoms with E-state index in [-0.39, 0.29) is 5.41 Å². The van der Waals surface area contributed by atoms with E-state index in [2.05, 4.69) is 55.2 Å². The maximum absolute atomic E-state index is 6.36. The molecular formula is C23H24N6. The molecule has 29 heavy (non-hydrogen) atoms. The second-order valence-electron chi connectivity index (χ2n) is 7.73. The number of aromatic amines is 1. The number of aromatic nitrogens is 4. The Hall–Kier alpha value is -3.25. The van der Waals surface area contributed by atoms with Crippen molar-refractivity contribution in [1.82, 2.24) is 19.9 Å². The maximum Gasteiger partial charge on any atom is 0.142 e. The average Bonchev–Trinajstić information content (AvgIpc) is 3.29. The number of pyridine rings is 1. The standard InChI is InChI=1S/C23H24N6/c24-15-23(19-5-1-3-17(13-19)18-4-2-9-25-14-18)7-11-29(12-8-23)22-20-6-10-26-21(20)27-16-28-22/h1-6,9-10,13-14,16H,7-8,11-12,15,24H2,(H,26,27,28). The van der Waals surface area contributed by atoms with Crippen LogP contribution in [0.25, 0.3) is 22.2 Å². The third-order valence-corrected chi connectivity index (χ3v) is 6.21. The molecular weight excluding hydrogens is 360 g/mol. The largest absolute Gasteiger partial charge is 0.356 e. The Morgan fingerprint density at radius 1 is 1.03 bits per heavy atom. The van der Waals surface area contributed by atoms with E-state index in [1.54, 1.807) is 12.5 Å². The summed E-state index contributed by atoms with van der Waals surface area (Å²) in [6, 6.07) is 14.9. The Morgan fingerprint density at radius 3 is 2.69 bits per heavy atom. The maximum atomic E-state index is 6.36. The molecule has 1 saturated heterocycles. The summed E-state index contributed by atoms with van der Waals surface area (Å²) in [4.78, 5) is 18.7. The van der Waals surface area contributed by atoms with Gasteiger partial charge in [-0.25, -0.2) is 9.97 Å². The molecule has 0 bridgehead atoms. The molecule has 0 aliphatic carbocycles. The fraction of sp³-hybridized carbons (Fsp3) is 0.261. The Morgan fingerprint density at radius 2 is 1.90 bits per heavy atom. The lowest BCUT2D eigenvalue weighted by molar-refractivity contribution is 0.339. The fourth-order valence-electron chi connectivity index (χ4n) is 4.43. The number of nitrogens with zero attached hydrogens (tertiary/aromatic N) is 4. The van der Waals surface area contributed by atoms with Crippen LogP contribution in [0, 0.1) is 0 Å². The molecule has 0 spiro atoms. The number of fused-ring (bicyclic) bond motifs is 1. The number of rotatable bonds is 4. The number of piperidine rings is 1. The van der Waals surface area contributed by atoms with Gasteiger partial charge in [0.15, 0.2) is 0 Å². The number of benzene rings is 1. The van der Waals surface area contributed by atoms with Gasteiger partial charge in [0.1, 0.15) is 17.8 Å². The summed E-state index contributed by atoms with van der Waals surface area (Å²) in [7, 11) is 0. The summed E-state index contributed by atoms with van der Waals surface area (Å²) in [6.45, 7) is 2.48. The van der Waals surface area contributed by atoms with E-state index in [1.165, 1.54) is 11.1 Å². The van der Waals surface area contributed by atoms with Crippen LogP contribution in [0.1, 0.15) is 18.4 Å². The van der Waals surface area contributed by atoms with Gasteiger partial charge in [0, 0.05) is 43.6 Å². The molecule has 5 rings (SSSR count). The average molecular weight is 384 g/mol. The molecule has 1 aromatic carbocycles. The second kappa shape index (κ2) is 7.29. The second-order valence-corrected chi connectivity index (χ2v) is 7.73. The number of nitrogens with one attached hydrogen (secondary N) is 1. The lowest BCUT2D eigenvalue weighted by Crippen LogP contribution is -2.47. The van der Waals surface area contributed by atoms with Gasteiger partial charge in [0.25, 0.3) is 0 Å². The van der Waals surface area contributed by atoms with E-state index in [1.807, 2.05) is 24.5 Å². The first kappa shape index (κ1) is 17.8. The number of anilines is 1. The van der Waals surface area contributed by atoms with Crippen molar-refractivity contribution < 1.29 is 0 Å². The van der Waals surface area contributed by atoms with Crippen LogP contribution in [-0.2, 0) is 5.41 Å². The highest BCUT2D eigenvalue weighted by Crippen LogP contribution is 2.38. The van der Waals surface area contributed by atoms with E-state index >= 15 is 0 Å². The van der Waals surface area contributed by atoms with Crippen LogP contribution in [0.3, 0.4) is 0 Å². The van der Waals surface area contributed by atoms with Crippen molar-refractivity contribution in [2.45, 2.75) is 18.3 Å². The number of H-pyrrole nitrogens is 1. The summed E-state index contributed by atoms with van der Waals surface area (Å²) in [5, 5.41) is 1.08. The zero-order valence-electron chi connectivity index (χ0n) is 16.3. The van der Waals surface area contributed by atoms with Crippen LogP contribution in [-0.4, -0.2) is 39.6 Å². The van der Waals surface area contributed by atoms with Crippen molar-refractivity contribution >= 4 is 16.9 Å². The molecule has 3 N–H and O–H groups in total. The Balaban J connectivity index is 1.42. The summed E-state index contributed by atoms with van der Waals surface area (Å²) in [6.07, 6.45) is 9.26. The van der Waals surface area contributed by atoms with E-state index in [4.69, 9.17) is 5.73 Å². The summed E-state index contributed by atoms with van der Waals surface area (Å²) < 4.78 is 0. The Bertz CT molecular complexity index is 1110. The minimum Gasteiger partial charge on any atom is -0.356 e. The number of hydrogen-bond acceptors (Lipinski definition) is 5. The van der Waals surface area contributed by atoms with Gasteiger partial charge < -0.3 is 15.6 Å². The van der Waals surface area contributed by atoms with Gasteiger partial charge in [-0.05, 0) is 41.7 Å². The molecule has 4 aromatic rings.